The van der Waals surface area contributed by atoms with Crippen LogP contribution in [0.3, 0.4) is 0 Å². The molecule has 0 saturated carbocycles. The number of hydrogen-bond donors (Lipinski definition) is 2. The van der Waals surface area contributed by atoms with Gasteiger partial charge in [-0.3, -0.25) is 4.90 Å². The second-order valence-corrected chi connectivity index (χ2v) is 6.16. The van der Waals surface area contributed by atoms with E-state index >= 15 is 0 Å². The van der Waals surface area contributed by atoms with Crippen LogP contribution in [0.4, 0.5) is 0 Å². The summed E-state index contributed by atoms with van der Waals surface area (Å²) in [5.74, 6) is 0.768. The first kappa shape index (κ1) is 17.9. The summed E-state index contributed by atoms with van der Waals surface area (Å²) < 4.78 is 0. The first-order chi connectivity index (χ1) is 9.75. The average molecular weight is 284 g/mol. The van der Waals surface area contributed by atoms with Gasteiger partial charge in [0, 0.05) is 5.54 Å². The van der Waals surface area contributed by atoms with Crippen LogP contribution < -0.4 is 10.6 Å². The minimum absolute atomic E-state index is 0.385. The first-order valence-corrected chi connectivity index (χ1v) is 8.91. The molecule has 1 fully saturated rings. The Morgan fingerprint density at radius 2 is 1.60 bits per heavy atom. The third-order valence-electron chi connectivity index (χ3n) is 5.37. The van der Waals surface area contributed by atoms with Gasteiger partial charge in [-0.2, -0.15) is 0 Å². The zero-order chi connectivity index (χ0) is 14.8. The van der Waals surface area contributed by atoms with Gasteiger partial charge < -0.3 is 10.6 Å². The van der Waals surface area contributed by atoms with Gasteiger partial charge >= 0.3 is 0 Å². The van der Waals surface area contributed by atoms with Gasteiger partial charge in [0.1, 0.15) is 0 Å². The van der Waals surface area contributed by atoms with Crippen molar-refractivity contribution in [3.05, 3.63) is 0 Å². The standard InChI is InChI=1S/C17H37N3/c1-5-16-15-19-12-9-11-18-13-10-14-20(8-4)17(16,6-2)7-3/h16,18-19H,5-15H2,1-4H3. The number of nitrogens with one attached hydrogen (secondary N) is 2. The highest BCUT2D eigenvalue weighted by Gasteiger charge is 2.38. The van der Waals surface area contributed by atoms with Gasteiger partial charge in [0.2, 0.25) is 0 Å². The predicted molar refractivity (Wildman–Crippen MR) is 89.3 cm³/mol. The highest BCUT2D eigenvalue weighted by atomic mass is 15.2. The molecule has 0 aromatic heterocycles. The Kier molecular flexibility index (Phi) is 8.74. The molecule has 0 radical (unpaired) electrons. The smallest absolute Gasteiger partial charge is 0.0244 e. The Hall–Kier alpha value is -0.120. The Morgan fingerprint density at radius 3 is 2.20 bits per heavy atom. The molecule has 0 amide bonds. The van der Waals surface area contributed by atoms with Crippen LogP contribution in [0.2, 0.25) is 0 Å². The van der Waals surface area contributed by atoms with E-state index in [-0.39, 0.29) is 0 Å². The van der Waals surface area contributed by atoms with Crippen LogP contribution in [-0.2, 0) is 0 Å². The highest BCUT2D eigenvalue weighted by molar-refractivity contribution is 4.95. The maximum absolute atomic E-state index is 3.71. The molecule has 1 aliphatic rings. The SMILES string of the molecule is CCC1CNCCCNCCCN(CC)C1(CC)CC. The first-order valence-electron chi connectivity index (χ1n) is 8.91. The van der Waals surface area contributed by atoms with Crippen molar-refractivity contribution in [3.63, 3.8) is 0 Å². The fraction of sp³-hybridized carbons (Fsp3) is 1.00. The summed E-state index contributed by atoms with van der Waals surface area (Å²) in [6.07, 6.45) is 6.35. The summed E-state index contributed by atoms with van der Waals surface area (Å²) in [5.41, 5.74) is 0.385. The van der Waals surface area contributed by atoms with E-state index in [0.29, 0.717) is 5.54 Å². The van der Waals surface area contributed by atoms with Gasteiger partial charge in [0.05, 0.1) is 0 Å². The van der Waals surface area contributed by atoms with Crippen LogP contribution in [0.1, 0.15) is 59.8 Å². The second-order valence-electron chi connectivity index (χ2n) is 6.16. The fourth-order valence-electron chi connectivity index (χ4n) is 4.08. The minimum atomic E-state index is 0.385. The zero-order valence-electron chi connectivity index (χ0n) is 14.3. The Bertz CT molecular complexity index is 218. The third kappa shape index (κ3) is 4.44. The van der Waals surface area contributed by atoms with Crippen molar-refractivity contribution in [2.45, 2.75) is 65.3 Å². The van der Waals surface area contributed by atoms with Crippen molar-refractivity contribution in [1.82, 2.24) is 15.5 Å². The van der Waals surface area contributed by atoms with E-state index in [0.717, 1.165) is 25.6 Å². The van der Waals surface area contributed by atoms with Crippen molar-refractivity contribution in [3.8, 4) is 0 Å². The van der Waals surface area contributed by atoms with Crippen molar-refractivity contribution in [1.29, 1.82) is 0 Å². The lowest BCUT2D eigenvalue weighted by Gasteiger charge is -2.48. The van der Waals surface area contributed by atoms with Crippen molar-refractivity contribution in [2.24, 2.45) is 5.92 Å². The molecule has 2 N–H and O–H groups in total. The molecule has 3 heteroatoms. The molecule has 1 unspecified atom stereocenters. The molecule has 1 rings (SSSR count). The zero-order valence-corrected chi connectivity index (χ0v) is 14.3. The highest BCUT2D eigenvalue weighted by Crippen LogP contribution is 2.34. The third-order valence-corrected chi connectivity index (χ3v) is 5.37. The summed E-state index contributed by atoms with van der Waals surface area (Å²) >= 11 is 0. The quantitative estimate of drug-likeness (QED) is 0.831. The molecule has 0 bridgehead atoms. The minimum Gasteiger partial charge on any atom is -0.317 e. The monoisotopic (exact) mass is 283 g/mol. The summed E-state index contributed by atoms with van der Waals surface area (Å²) in [5, 5.41) is 7.28. The maximum Gasteiger partial charge on any atom is 0.0244 e. The van der Waals surface area contributed by atoms with E-state index in [9.17, 15) is 0 Å². The lowest BCUT2D eigenvalue weighted by atomic mass is 9.76. The molecule has 1 saturated heterocycles. The molecule has 1 heterocycles. The number of rotatable bonds is 4. The van der Waals surface area contributed by atoms with Crippen molar-refractivity contribution >= 4 is 0 Å². The van der Waals surface area contributed by atoms with Crippen molar-refractivity contribution < 1.29 is 0 Å². The topological polar surface area (TPSA) is 27.3 Å². The predicted octanol–water partition coefficient (Wildman–Crippen LogP) is 2.87. The van der Waals surface area contributed by atoms with Gasteiger partial charge in [-0.05, 0) is 70.9 Å². The van der Waals surface area contributed by atoms with Crippen molar-refractivity contribution in [2.75, 3.05) is 39.3 Å². The van der Waals surface area contributed by atoms with Gasteiger partial charge in [0.25, 0.3) is 0 Å². The number of hydrogen-bond acceptors (Lipinski definition) is 3. The Labute approximate surface area is 126 Å². The van der Waals surface area contributed by atoms with Crippen LogP contribution in [0.5, 0.6) is 0 Å². The second kappa shape index (κ2) is 9.75. The largest absolute Gasteiger partial charge is 0.317 e. The fourth-order valence-corrected chi connectivity index (χ4v) is 4.08. The average Bonchev–Trinajstić information content (AvgIpc) is 2.48. The van der Waals surface area contributed by atoms with E-state index in [2.05, 4.69) is 43.2 Å². The van der Waals surface area contributed by atoms with Gasteiger partial charge in [0.15, 0.2) is 0 Å². The molecule has 20 heavy (non-hydrogen) atoms. The van der Waals surface area contributed by atoms with E-state index in [1.54, 1.807) is 0 Å². The van der Waals surface area contributed by atoms with Crippen LogP contribution >= 0.6 is 0 Å². The Morgan fingerprint density at radius 1 is 0.950 bits per heavy atom. The van der Waals surface area contributed by atoms with Crippen LogP contribution in [0, 0.1) is 5.92 Å². The summed E-state index contributed by atoms with van der Waals surface area (Å²) in [4.78, 5) is 2.77. The van der Waals surface area contributed by atoms with Crippen LogP contribution in [-0.4, -0.2) is 49.7 Å². The molecule has 1 aliphatic heterocycles. The molecular weight excluding hydrogens is 246 g/mol. The van der Waals surface area contributed by atoms with E-state index in [1.165, 1.54) is 51.7 Å². The molecule has 0 aliphatic carbocycles. The summed E-state index contributed by atoms with van der Waals surface area (Å²) in [7, 11) is 0. The molecule has 120 valence electrons. The molecule has 0 aromatic rings. The summed E-state index contributed by atoms with van der Waals surface area (Å²) in [6, 6.07) is 0. The van der Waals surface area contributed by atoms with Crippen LogP contribution in [0.15, 0.2) is 0 Å². The molecule has 0 aromatic carbocycles. The Balaban J connectivity index is 2.88. The van der Waals surface area contributed by atoms with E-state index in [1.807, 2.05) is 0 Å². The molecular formula is C17H37N3. The summed E-state index contributed by atoms with van der Waals surface area (Å²) in [6.45, 7) is 16.5. The molecule has 0 spiro atoms. The molecule has 3 nitrogen and oxygen atoms in total. The van der Waals surface area contributed by atoms with E-state index < -0.39 is 0 Å². The lowest BCUT2D eigenvalue weighted by Crippen LogP contribution is -2.56. The van der Waals surface area contributed by atoms with Gasteiger partial charge in [-0.1, -0.05) is 34.1 Å². The van der Waals surface area contributed by atoms with E-state index in [4.69, 9.17) is 0 Å². The van der Waals surface area contributed by atoms with Gasteiger partial charge in [-0.25, -0.2) is 0 Å². The maximum atomic E-state index is 3.71. The normalized spacial score (nSPS) is 26.7. The molecule has 1 atom stereocenters. The number of nitrogens with zero attached hydrogens (tertiary/aromatic N) is 1. The van der Waals surface area contributed by atoms with Gasteiger partial charge in [-0.15, -0.1) is 0 Å². The lowest BCUT2D eigenvalue weighted by molar-refractivity contribution is 0.0227. The van der Waals surface area contributed by atoms with Crippen LogP contribution in [0.25, 0.3) is 0 Å².